The smallest absolute Gasteiger partial charge is 0.407 e. The summed E-state index contributed by atoms with van der Waals surface area (Å²) in [4.78, 5) is 12.8. The van der Waals surface area contributed by atoms with Crippen molar-refractivity contribution in [3.8, 4) is 0 Å². The summed E-state index contributed by atoms with van der Waals surface area (Å²) >= 11 is 0. The van der Waals surface area contributed by atoms with Crippen LogP contribution in [0.4, 0.5) is 4.79 Å². The summed E-state index contributed by atoms with van der Waals surface area (Å²) in [6.45, 7) is 6.85. The molecule has 0 saturated carbocycles. The molecule has 0 unspecified atom stereocenters. The molecule has 0 radical (unpaired) electrons. The highest BCUT2D eigenvalue weighted by Gasteiger charge is 2.32. The predicted octanol–water partition coefficient (Wildman–Crippen LogP) is 3.52. The summed E-state index contributed by atoms with van der Waals surface area (Å²) in [6.07, 6.45) is -0.417. The highest BCUT2D eigenvalue weighted by molar-refractivity contribution is 7.89. The van der Waals surface area contributed by atoms with E-state index in [1.54, 1.807) is 24.3 Å². The Kier molecular flexibility index (Phi) is 10.3. The van der Waals surface area contributed by atoms with Gasteiger partial charge in [0.2, 0.25) is 10.0 Å². The van der Waals surface area contributed by atoms with Crippen LogP contribution in [0.15, 0.2) is 59.5 Å². The second-order valence-corrected chi connectivity index (χ2v) is 11.5. The molecule has 0 spiro atoms. The second kappa shape index (κ2) is 13.2. The van der Waals surface area contributed by atoms with Crippen molar-refractivity contribution in [3.63, 3.8) is 0 Å². The normalized spacial score (nSPS) is 18.5. The van der Waals surface area contributed by atoms with Crippen LogP contribution in [0.25, 0.3) is 0 Å². The number of nitrogens with one attached hydrogen (secondary N) is 1. The van der Waals surface area contributed by atoms with Crippen molar-refractivity contribution in [1.29, 1.82) is 0 Å². The van der Waals surface area contributed by atoms with E-state index in [0.717, 1.165) is 17.5 Å². The maximum absolute atomic E-state index is 13.6. The zero-order valence-electron chi connectivity index (χ0n) is 21.3. The van der Waals surface area contributed by atoms with Crippen molar-refractivity contribution in [1.82, 2.24) is 9.62 Å². The number of hydrogen-bond acceptors (Lipinski definition) is 6. The first-order chi connectivity index (χ1) is 17.2. The molecule has 1 aliphatic heterocycles. The molecule has 1 fully saturated rings. The van der Waals surface area contributed by atoms with Gasteiger partial charge in [0.25, 0.3) is 0 Å². The summed E-state index contributed by atoms with van der Waals surface area (Å²) in [5.41, 5.74) is 1.86. The first-order valence-corrected chi connectivity index (χ1v) is 14.0. The van der Waals surface area contributed by atoms with Crippen LogP contribution in [0.2, 0.25) is 0 Å². The molecule has 0 aromatic heterocycles. The van der Waals surface area contributed by atoms with E-state index in [2.05, 4.69) is 5.32 Å². The molecule has 2 aromatic rings. The third-order valence-electron chi connectivity index (χ3n) is 6.49. The van der Waals surface area contributed by atoms with Crippen molar-refractivity contribution < 1.29 is 27.8 Å². The average molecular weight is 519 g/mol. The quantitative estimate of drug-likeness (QED) is 0.446. The highest BCUT2D eigenvalue weighted by atomic mass is 32.2. The molecule has 9 heteroatoms. The van der Waals surface area contributed by atoms with Gasteiger partial charge in [-0.25, -0.2) is 13.2 Å². The van der Waals surface area contributed by atoms with Gasteiger partial charge >= 0.3 is 6.09 Å². The van der Waals surface area contributed by atoms with Gasteiger partial charge in [0.1, 0.15) is 6.10 Å². The number of alkyl carbamates (subject to hydrolysis) is 1. The second-order valence-electron chi connectivity index (χ2n) is 9.55. The number of sulfonamides is 1. The van der Waals surface area contributed by atoms with E-state index in [4.69, 9.17) is 9.47 Å². The number of hydrogen-bond donors (Lipinski definition) is 2. The number of carbonyl (C=O) groups excluding carboxylic acids is 1. The Balaban J connectivity index is 1.81. The van der Waals surface area contributed by atoms with Crippen molar-refractivity contribution in [2.24, 2.45) is 5.92 Å². The summed E-state index contributed by atoms with van der Waals surface area (Å²) in [7, 11) is -3.86. The van der Waals surface area contributed by atoms with Gasteiger partial charge < -0.3 is 19.9 Å². The van der Waals surface area contributed by atoms with Gasteiger partial charge in [0.05, 0.1) is 30.3 Å². The monoisotopic (exact) mass is 518 g/mol. The minimum Gasteiger partial charge on any atom is -0.444 e. The lowest BCUT2D eigenvalue weighted by molar-refractivity contribution is 0.0642. The van der Waals surface area contributed by atoms with Gasteiger partial charge in [-0.2, -0.15) is 4.31 Å². The third-order valence-corrected chi connectivity index (χ3v) is 8.34. The summed E-state index contributed by atoms with van der Waals surface area (Å²) < 4.78 is 39.1. The van der Waals surface area contributed by atoms with Gasteiger partial charge in [-0.1, -0.05) is 68.3 Å². The largest absolute Gasteiger partial charge is 0.444 e. The molecule has 3 rings (SSSR count). The molecule has 2 aromatic carbocycles. The molecule has 198 valence electrons. The van der Waals surface area contributed by atoms with Crippen LogP contribution in [0, 0.1) is 12.8 Å². The molecular formula is C27H38N2O6S. The third kappa shape index (κ3) is 8.03. The van der Waals surface area contributed by atoms with Crippen LogP contribution < -0.4 is 5.32 Å². The molecule has 2 N–H and O–H groups in total. The van der Waals surface area contributed by atoms with Crippen LogP contribution >= 0.6 is 0 Å². The summed E-state index contributed by atoms with van der Waals surface area (Å²) in [5.74, 6) is 0.0882. The summed E-state index contributed by atoms with van der Waals surface area (Å²) in [5, 5.41) is 14.1. The first kappa shape index (κ1) is 28.1. The summed E-state index contributed by atoms with van der Waals surface area (Å²) in [6, 6.07) is 15.4. The molecule has 4 atom stereocenters. The molecule has 1 heterocycles. The topological polar surface area (TPSA) is 105 Å². The minimum atomic E-state index is -3.86. The van der Waals surface area contributed by atoms with Crippen LogP contribution in [-0.2, 0) is 25.9 Å². The zero-order valence-corrected chi connectivity index (χ0v) is 22.1. The minimum absolute atomic E-state index is 0.0882. The van der Waals surface area contributed by atoms with Crippen molar-refractivity contribution >= 4 is 16.1 Å². The Morgan fingerprint density at radius 2 is 1.86 bits per heavy atom. The van der Waals surface area contributed by atoms with Crippen molar-refractivity contribution in [2.75, 3.05) is 26.3 Å². The number of rotatable bonds is 12. The van der Waals surface area contributed by atoms with Crippen molar-refractivity contribution in [3.05, 3.63) is 65.7 Å². The lowest BCUT2D eigenvalue weighted by atomic mass is 10.0. The van der Waals surface area contributed by atoms with Gasteiger partial charge in [-0.05, 0) is 37.0 Å². The number of carbonyl (C=O) groups is 1. The SMILES string of the molecule is CC[C@H](C)CN(C[C@@H](O)[C@H](Cc1ccccc1)NC(=O)O[C@H]1CCOC1)S(=O)(=O)c1ccc(C)cc1. The number of aliphatic hydroxyl groups excluding tert-OH is 1. The molecule has 0 aliphatic carbocycles. The van der Waals surface area contributed by atoms with Gasteiger partial charge in [-0.15, -0.1) is 0 Å². The van der Waals surface area contributed by atoms with E-state index in [-0.39, 0.29) is 30.0 Å². The Bertz CT molecular complexity index is 1060. The molecule has 1 aliphatic rings. The van der Waals surface area contributed by atoms with Gasteiger partial charge in [0.15, 0.2) is 0 Å². The van der Waals surface area contributed by atoms with Crippen LogP contribution in [0.3, 0.4) is 0 Å². The maximum atomic E-state index is 13.6. The number of aryl methyl sites for hydroxylation is 1. The van der Waals surface area contributed by atoms with E-state index < -0.39 is 28.3 Å². The highest BCUT2D eigenvalue weighted by Crippen LogP contribution is 2.21. The number of aliphatic hydroxyl groups is 1. The molecule has 36 heavy (non-hydrogen) atoms. The Morgan fingerprint density at radius 3 is 2.47 bits per heavy atom. The van der Waals surface area contributed by atoms with Gasteiger partial charge in [-0.3, -0.25) is 0 Å². The number of nitrogens with zero attached hydrogens (tertiary/aromatic N) is 1. The average Bonchev–Trinajstić information content (AvgIpc) is 3.36. The van der Waals surface area contributed by atoms with Gasteiger partial charge in [0, 0.05) is 19.5 Å². The first-order valence-electron chi connectivity index (χ1n) is 12.5. The number of amides is 1. The molecule has 0 bridgehead atoms. The zero-order chi connectivity index (χ0) is 26.1. The van der Waals surface area contributed by atoms with Crippen LogP contribution in [0.1, 0.15) is 37.8 Å². The fraction of sp³-hybridized carbons (Fsp3) is 0.519. The fourth-order valence-corrected chi connectivity index (χ4v) is 5.61. The lowest BCUT2D eigenvalue weighted by Gasteiger charge is -2.31. The molecular weight excluding hydrogens is 480 g/mol. The van der Waals surface area contributed by atoms with Crippen molar-refractivity contribution in [2.45, 2.75) is 63.2 Å². The van der Waals surface area contributed by atoms with E-state index in [0.29, 0.717) is 26.1 Å². The van der Waals surface area contributed by atoms with Crippen LogP contribution in [0.5, 0.6) is 0 Å². The maximum Gasteiger partial charge on any atom is 0.407 e. The number of benzene rings is 2. The molecule has 1 saturated heterocycles. The van der Waals surface area contributed by atoms with E-state index in [1.807, 2.05) is 51.1 Å². The molecule has 8 nitrogen and oxygen atoms in total. The predicted molar refractivity (Wildman–Crippen MR) is 138 cm³/mol. The standard InChI is InChI=1S/C27H38N2O6S/c1-4-20(2)17-29(36(32,33)24-12-10-21(3)11-13-24)18-26(30)25(16-22-8-6-5-7-9-22)28-27(31)35-23-14-15-34-19-23/h5-13,20,23,25-26,30H,4,14-19H2,1-3H3,(H,28,31)/t20-,23-,25-,26+/m0/s1. The fourth-order valence-electron chi connectivity index (χ4n) is 4.04. The van der Waals surface area contributed by atoms with Crippen LogP contribution in [-0.4, -0.2) is 68.5 Å². The number of ether oxygens (including phenoxy) is 2. The van der Waals surface area contributed by atoms with E-state index in [1.165, 1.54) is 4.31 Å². The Labute approximate surface area is 214 Å². The lowest BCUT2D eigenvalue weighted by Crippen LogP contribution is -2.51. The Morgan fingerprint density at radius 1 is 1.17 bits per heavy atom. The molecule has 1 amide bonds. The van der Waals surface area contributed by atoms with E-state index >= 15 is 0 Å². The Hall–Kier alpha value is -2.46. The van der Waals surface area contributed by atoms with E-state index in [9.17, 15) is 18.3 Å².